The molecule has 1 atom stereocenters. The summed E-state index contributed by atoms with van der Waals surface area (Å²) < 4.78 is 42.0. The van der Waals surface area contributed by atoms with Crippen LogP contribution in [-0.4, -0.2) is 43.0 Å². The number of rotatable bonds is 5. The zero-order valence-corrected chi connectivity index (χ0v) is 13.7. The second-order valence-electron chi connectivity index (χ2n) is 5.77. The van der Waals surface area contributed by atoms with E-state index in [2.05, 4.69) is 0 Å². The number of carbonyl (C=O) groups is 2. The van der Waals surface area contributed by atoms with E-state index in [0.29, 0.717) is 0 Å². The van der Waals surface area contributed by atoms with Crippen molar-refractivity contribution >= 4 is 21.9 Å². The zero-order chi connectivity index (χ0) is 17.8. The van der Waals surface area contributed by atoms with Gasteiger partial charge in [0.2, 0.25) is 0 Å². The Labute approximate surface area is 133 Å². The summed E-state index contributed by atoms with van der Waals surface area (Å²) in [6.07, 6.45) is -1.04. The number of carboxylic acids is 1. The van der Waals surface area contributed by atoms with Crippen molar-refractivity contribution < 1.29 is 32.2 Å². The van der Waals surface area contributed by atoms with Crippen molar-refractivity contribution in [2.75, 3.05) is 5.75 Å². The Hall–Kier alpha value is -2.16. The molecule has 0 saturated heterocycles. The SMILES string of the molecule is CC(C)(C)OC(=O)N[C@H](CS(=O)(=O)c1ccc(F)cc1)C(=O)O. The van der Waals surface area contributed by atoms with Crippen molar-refractivity contribution in [2.24, 2.45) is 0 Å². The van der Waals surface area contributed by atoms with Crippen LogP contribution in [0.3, 0.4) is 0 Å². The van der Waals surface area contributed by atoms with Gasteiger partial charge in [-0.05, 0) is 45.0 Å². The van der Waals surface area contributed by atoms with Crippen molar-refractivity contribution in [3.8, 4) is 0 Å². The van der Waals surface area contributed by atoms with Crippen LogP contribution in [0.1, 0.15) is 20.8 Å². The number of sulfone groups is 1. The van der Waals surface area contributed by atoms with Crippen LogP contribution in [0, 0.1) is 5.82 Å². The monoisotopic (exact) mass is 347 g/mol. The molecule has 0 aliphatic rings. The van der Waals surface area contributed by atoms with Gasteiger partial charge in [-0.1, -0.05) is 0 Å². The molecule has 1 aromatic carbocycles. The van der Waals surface area contributed by atoms with Gasteiger partial charge in [0.25, 0.3) is 0 Å². The summed E-state index contributed by atoms with van der Waals surface area (Å²) in [6.45, 7) is 4.74. The number of carboxylic acid groups (broad SMARTS) is 1. The molecule has 1 rings (SSSR count). The molecule has 0 heterocycles. The Morgan fingerprint density at radius 3 is 2.22 bits per heavy atom. The second-order valence-corrected chi connectivity index (χ2v) is 7.81. The van der Waals surface area contributed by atoms with Crippen LogP contribution in [0.15, 0.2) is 29.2 Å². The van der Waals surface area contributed by atoms with Crippen LogP contribution in [0.5, 0.6) is 0 Å². The first-order valence-electron chi connectivity index (χ1n) is 6.61. The Bertz CT molecular complexity index is 678. The third kappa shape index (κ3) is 6.23. The lowest BCUT2D eigenvalue weighted by molar-refractivity contribution is -0.138. The molecule has 0 spiro atoms. The molecule has 0 saturated carbocycles. The summed E-state index contributed by atoms with van der Waals surface area (Å²) in [4.78, 5) is 22.5. The highest BCUT2D eigenvalue weighted by Crippen LogP contribution is 2.14. The van der Waals surface area contributed by atoms with Gasteiger partial charge in [0.1, 0.15) is 17.5 Å². The van der Waals surface area contributed by atoms with Crippen LogP contribution >= 0.6 is 0 Å². The number of alkyl carbamates (subject to hydrolysis) is 1. The Morgan fingerprint density at radius 2 is 1.78 bits per heavy atom. The van der Waals surface area contributed by atoms with Gasteiger partial charge in [0.05, 0.1) is 10.6 Å². The molecule has 0 aromatic heterocycles. The molecule has 0 unspecified atom stereocenters. The quantitative estimate of drug-likeness (QED) is 0.783. The van der Waals surface area contributed by atoms with E-state index >= 15 is 0 Å². The topological polar surface area (TPSA) is 110 Å². The zero-order valence-electron chi connectivity index (χ0n) is 12.9. The van der Waals surface area contributed by atoms with Crippen LogP contribution in [0.4, 0.5) is 9.18 Å². The number of hydrogen-bond donors (Lipinski definition) is 2. The van der Waals surface area contributed by atoms with E-state index in [1.54, 1.807) is 20.8 Å². The Balaban J connectivity index is 2.89. The lowest BCUT2D eigenvalue weighted by Gasteiger charge is -2.22. The maximum atomic E-state index is 12.8. The highest BCUT2D eigenvalue weighted by molar-refractivity contribution is 7.91. The maximum Gasteiger partial charge on any atom is 0.408 e. The second kappa shape index (κ2) is 6.95. The van der Waals surface area contributed by atoms with E-state index in [-0.39, 0.29) is 4.90 Å². The Kier molecular flexibility index (Phi) is 5.70. The van der Waals surface area contributed by atoms with E-state index in [9.17, 15) is 22.4 Å². The van der Waals surface area contributed by atoms with E-state index in [1.807, 2.05) is 5.32 Å². The van der Waals surface area contributed by atoms with Gasteiger partial charge in [0, 0.05) is 0 Å². The first kappa shape index (κ1) is 18.9. The largest absolute Gasteiger partial charge is 0.480 e. The van der Waals surface area contributed by atoms with Crippen molar-refractivity contribution in [3.63, 3.8) is 0 Å². The number of nitrogens with one attached hydrogen (secondary N) is 1. The molecular weight excluding hydrogens is 329 g/mol. The van der Waals surface area contributed by atoms with Gasteiger partial charge < -0.3 is 15.2 Å². The number of ether oxygens (including phenoxy) is 1. The van der Waals surface area contributed by atoms with E-state index in [0.717, 1.165) is 24.3 Å². The summed E-state index contributed by atoms with van der Waals surface area (Å²) in [5.41, 5.74) is -0.858. The first-order valence-corrected chi connectivity index (χ1v) is 8.26. The van der Waals surface area contributed by atoms with Crippen LogP contribution in [0.25, 0.3) is 0 Å². The predicted molar refractivity (Wildman–Crippen MR) is 79.2 cm³/mol. The molecule has 0 fully saturated rings. The molecule has 128 valence electrons. The van der Waals surface area contributed by atoms with Crippen LogP contribution in [0.2, 0.25) is 0 Å². The molecule has 0 aliphatic heterocycles. The minimum absolute atomic E-state index is 0.240. The average Bonchev–Trinajstić information content (AvgIpc) is 2.35. The van der Waals surface area contributed by atoms with Crippen molar-refractivity contribution in [1.29, 1.82) is 0 Å². The van der Waals surface area contributed by atoms with Crippen molar-refractivity contribution in [2.45, 2.75) is 37.3 Å². The summed E-state index contributed by atoms with van der Waals surface area (Å²) in [5.74, 6) is -3.03. The smallest absolute Gasteiger partial charge is 0.408 e. The molecular formula is C14H18FNO6S. The maximum absolute atomic E-state index is 12.8. The number of carbonyl (C=O) groups excluding carboxylic acids is 1. The average molecular weight is 347 g/mol. The summed E-state index contributed by atoms with van der Waals surface area (Å²) in [6, 6.07) is 2.25. The summed E-state index contributed by atoms with van der Waals surface area (Å²) in [5, 5.41) is 11.1. The highest BCUT2D eigenvalue weighted by Gasteiger charge is 2.29. The molecule has 2 N–H and O–H groups in total. The number of benzene rings is 1. The fourth-order valence-corrected chi connectivity index (χ4v) is 2.99. The number of aliphatic carboxylic acids is 1. The molecule has 7 nitrogen and oxygen atoms in total. The van der Waals surface area contributed by atoms with E-state index in [4.69, 9.17) is 9.84 Å². The molecule has 0 aliphatic carbocycles. The molecule has 23 heavy (non-hydrogen) atoms. The highest BCUT2D eigenvalue weighted by atomic mass is 32.2. The Morgan fingerprint density at radius 1 is 1.26 bits per heavy atom. The third-order valence-corrected chi connectivity index (χ3v) is 4.31. The van der Waals surface area contributed by atoms with E-state index in [1.165, 1.54) is 0 Å². The predicted octanol–water partition coefficient (Wildman–Crippen LogP) is 1.58. The fraction of sp³-hybridized carbons (Fsp3) is 0.429. The molecule has 9 heteroatoms. The minimum Gasteiger partial charge on any atom is -0.480 e. The lowest BCUT2D eigenvalue weighted by atomic mass is 10.2. The van der Waals surface area contributed by atoms with Crippen molar-refractivity contribution in [1.82, 2.24) is 5.32 Å². The number of hydrogen-bond acceptors (Lipinski definition) is 5. The van der Waals surface area contributed by atoms with Gasteiger partial charge in [-0.2, -0.15) is 0 Å². The summed E-state index contributed by atoms with van der Waals surface area (Å²) in [7, 11) is -4.03. The standard InChI is InChI=1S/C14H18FNO6S/c1-14(2,3)22-13(19)16-11(12(17)18)8-23(20,21)10-6-4-9(15)5-7-10/h4-7,11H,8H2,1-3H3,(H,16,19)(H,17,18)/t11-/m1/s1. The number of halogens is 1. The van der Waals surface area contributed by atoms with E-state index < -0.39 is 45.1 Å². The third-order valence-electron chi connectivity index (χ3n) is 2.55. The minimum atomic E-state index is -4.03. The van der Waals surface area contributed by atoms with Crippen LogP contribution < -0.4 is 5.32 Å². The van der Waals surface area contributed by atoms with Gasteiger partial charge in [-0.25, -0.2) is 22.4 Å². The number of amides is 1. The van der Waals surface area contributed by atoms with Gasteiger partial charge in [0.15, 0.2) is 9.84 Å². The molecule has 1 aromatic rings. The van der Waals surface area contributed by atoms with Gasteiger partial charge in [-0.3, -0.25) is 0 Å². The van der Waals surface area contributed by atoms with Gasteiger partial charge in [-0.15, -0.1) is 0 Å². The molecule has 1 amide bonds. The molecule has 0 bridgehead atoms. The fourth-order valence-electron chi connectivity index (χ4n) is 1.58. The normalized spacial score (nSPS) is 13.2. The van der Waals surface area contributed by atoms with Crippen LogP contribution in [-0.2, 0) is 19.4 Å². The lowest BCUT2D eigenvalue weighted by Crippen LogP contribution is -2.47. The van der Waals surface area contributed by atoms with Gasteiger partial charge >= 0.3 is 12.1 Å². The first-order chi connectivity index (χ1) is 10.4. The van der Waals surface area contributed by atoms with Crippen molar-refractivity contribution in [3.05, 3.63) is 30.1 Å². The summed E-state index contributed by atoms with van der Waals surface area (Å²) >= 11 is 0. The molecule has 0 radical (unpaired) electrons.